The van der Waals surface area contributed by atoms with E-state index >= 15 is 0 Å². The molecule has 2 aromatic rings. The van der Waals surface area contributed by atoms with Crippen molar-refractivity contribution in [2.75, 3.05) is 23.3 Å². The highest BCUT2D eigenvalue weighted by atomic mass is 79.9. The summed E-state index contributed by atoms with van der Waals surface area (Å²) in [6, 6.07) is 9.52. The number of benzene rings is 1. The molecule has 0 radical (unpaired) electrons. The van der Waals surface area contributed by atoms with Crippen LogP contribution in [0.4, 0.5) is 11.5 Å². The minimum atomic E-state index is -0.117. The summed E-state index contributed by atoms with van der Waals surface area (Å²) in [7, 11) is 0. The molecule has 0 saturated carbocycles. The molecule has 1 N–H and O–H groups in total. The van der Waals surface area contributed by atoms with E-state index < -0.39 is 0 Å². The summed E-state index contributed by atoms with van der Waals surface area (Å²) < 4.78 is 0.884. The number of hydrogen-bond donors (Lipinski definition) is 1. The number of aromatic nitrogens is 1. The van der Waals surface area contributed by atoms with Gasteiger partial charge in [0.05, 0.1) is 5.69 Å². The Kier molecular flexibility index (Phi) is 5.19. The van der Waals surface area contributed by atoms with Gasteiger partial charge in [-0.2, -0.15) is 0 Å². The molecule has 1 fully saturated rings. The van der Waals surface area contributed by atoms with Gasteiger partial charge in [0.25, 0.3) is 5.91 Å². The van der Waals surface area contributed by atoms with Gasteiger partial charge in [-0.05, 0) is 71.4 Å². The SMILES string of the molecule is Cc1ccc(NC(=O)c2ccnc(N3CCCC(C)C3)c2)c(Br)c1. The molecule has 24 heavy (non-hydrogen) atoms. The Bertz CT molecular complexity index is 747. The molecule has 1 aromatic heterocycles. The molecular formula is C19H22BrN3O. The van der Waals surface area contributed by atoms with Crippen LogP contribution in [-0.2, 0) is 0 Å². The van der Waals surface area contributed by atoms with Crippen molar-refractivity contribution in [3.05, 3.63) is 52.1 Å². The van der Waals surface area contributed by atoms with Gasteiger partial charge in [0.15, 0.2) is 0 Å². The molecule has 2 heterocycles. The molecule has 3 rings (SSSR count). The minimum Gasteiger partial charge on any atom is -0.356 e. The zero-order valence-corrected chi connectivity index (χ0v) is 15.6. The lowest BCUT2D eigenvalue weighted by atomic mass is 10.0. The number of pyridine rings is 1. The maximum absolute atomic E-state index is 12.6. The van der Waals surface area contributed by atoms with Gasteiger partial charge in [-0.15, -0.1) is 0 Å². The summed E-state index contributed by atoms with van der Waals surface area (Å²) in [4.78, 5) is 19.3. The van der Waals surface area contributed by atoms with Gasteiger partial charge in [-0.25, -0.2) is 4.98 Å². The van der Waals surface area contributed by atoms with Crippen LogP contribution < -0.4 is 10.2 Å². The summed E-state index contributed by atoms with van der Waals surface area (Å²) in [5.74, 6) is 1.44. The first-order valence-electron chi connectivity index (χ1n) is 8.31. The molecule has 5 heteroatoms. The monoisotopic (exact) mass is 387 g/mol. The average molecular weight is 388 g/mol. The van der Waals surface area contributed by atoms with Crippen LogP contribution >= 0.6 is 15.9 Å². The number of carbonyl (C=O) groups excluding carboxylic acids is 1. The predicted octanol–water partition coefficient (Wildman–Crippen LogP) is 4.64. The highest BCUT2D eigenvalue weighted by molar-refractivity contribution is 9.10. The quantitative estimate of drug-likeness (QED) is 0.833. The zero-order valence-electron chi connectivity index (χ0n) is 14.1. The van der Waals surface area contributed by atoms with Gasteiger partial charge >= 0.3 is 0 Å². The molecule has 1 atom stereocenters. The summed E-state index contributed by atoms with van der Waals surface area (Å²) >= 11 is 3.50. The zero-order chi connectivity index (χ0) is 17.1. The Morgan fingerprint density at radius 3 is 2.92 bits per heavy atom. The van der Waals surface area contributed by atoms with Gasteiger partial charge in [0.2, 0.25) is 0 Å². The van der Waals surface area contributed by atoms with Crippen molar-refractivity contribution >= 4 is 33.3 Å². The van der Waals surface area contributed by atoms with Gasteiger partial charge in [0, 0.05) is 29.3 Å². The topological polar surface area (TPSA) is 45.2 Å². The molecule has 4 nitrogen and oxygen atoms in total. The Morgan fingerprint density at radius 1 is 1.33 bits per heavy atom. The Balaban J connectivity index is 1.76. The third-order valence-electron chi connectivity index (χ3n) is 4.36. The number of hydrogen-bond acceptors (Lipinski definition) is 3. The van der Waals surface area contributed by atoms with Crippen LogP contribution in [0.3, 0.4) is 0 Å². The fraction of sp³-hybridized carbons (Fsp3) is 0.368. The van der Waals surface area contributed by atoms with E-state index in [2.05, 4.69) is 38.1 Å². The number of nitrogens with zero attached hydrogens (tertiary/aromatic N) is 2. The van der Waals surface area contributed by atoms with E-state index in [1.54, 1.807) is 12.3 Å². The van der Waals surface area contributed by atoms with Gasteiger partial charge < -0.3 is 10.2 Å². The lowest BCUT2D eigenvalue weighted by molar-refractivity contribution is 0.102. The van der Waals surface area contributed by atoms with Crippen molar-refractivity contribution in [1.82, 2.24) is 4.98 Å². The number of piperidine rings is 1. The van der Waals surface area contributed by atoms with Crippen LogP contribution in [0, 0.1) is 12.8 Å². The van der Waals surface area contributed by atoms with E-state index in [4.69, 9.17) is 0 Å². The highest BCUT2D eigenvalue weighted by Crippen LogP contribution is 2.25. The maximum Gasteiger partial charge on any atom is 0.255 e. The maximum atomic E-state index is 12.6. The molecule has 1 saturated heterocycles. The number of carbonyl (C=O) groups is 1. The summed E-state index contributed by atoms with van der Waals surface area (Å²) in [5, 5.41) is 2.96. The van der Waals surface area contributed by atoms with E-state index in [1.807, 2.05) is 31.2 Å². The number of amides is 1. The molecule has 126 valence electrons. The lowest BCUT2D eigenvalue weighted by Gasteiger charge is -2.31. The van der Waals surface area contributed by atoms with Crippen LogP contribution in [0.5, 0.6) is 0 Å². The molecule has 0 spiro atoms. The van der Waals surface area contributed by atoms with Crippen molar-refractivity contribution in [3.8, 4) is 0 Å². The molecule has 0 bridgehead atoms. The second-order valence-corrected chi connectivity index (χ2v) is 7.39. The Labute approximate surface area is 151 Å². The van der Waals surface area contributed by atoms with E-state index in [9.17, 15) is 4.79 Å². The lowest BCUT2D eigenvalue weighted by Crippen LogP contribution is -2.34. The molecule has 1 aromatic carbocycles. The molecular weight excluding hydrogens is 366 g/mol. The van der Waals surface area contributed by atoms with Crippen LogP contribution in [0.2, 0.25) is 0 Å². The van der Waals surface area contributed by atoms with Crippen LogP contribution in [0.25, 0.3) is 0 Å². The molecule has 0 aliphatic carbocycles. The first kappa shape index (κ1) is 17.0. The Morgan fingerprint density at radius 2 is 2.17 bits per heavy atom. The third kappa shape index (κ3) is 3.96. The number of nitrogens with one attached hydrogen (secondary N) is 1. The summed E-state index contributed by atoms with van der Waals surface area (Å²) in [5.41, 5.74) is 2.55. The van der Waals surface area contributed by atoms with Gasteiger partial charge in [-0.3, -0.25) is 4.79 Å². The van der Waals surface area contributed by atoms with E-state index in [1.165, 1.54) is 12.8 Å². The molecule has 1 aliphatic heterocycles. The number of aryl methyl sites for hydroxylation is 1. The normalized spacial score (nSPS) is 17.6. The minimum absolute atomic E-state index is 0.117. The number of anilines is 2. The predicted molar refractivity (Wildman–Crippen MR) is 102 cm³/mol. The van der Waals surface area contributed by atoms with Crippen LogP contribution in [0.1, 0.15) is 35.7 Å². The van der Waals surface area contributed by atoms with Crippen molar-refractivity contribution in [2.45, 2.75) is 26.7 Å². The Hall–Kier alpha value is -1.88. The van der Waals surface area contributed by atoms with Crippen LogP contribution in [-0.4, -0.2) is 24.0 Å². The number of halogens is 1. The van der Waals surface area contributed by atoms with E-state index in [-0.39, 0.29) is 5.91 Å². The van der Waals surface area contributed by atoms with Gasteiger partial charge in [-0.1, -0.05) is 13.0 Å². The first-order valence-corrected chi connectivity index (χ1v) is 9.11. The van der Waals surface area contributed by atoms with Crippen molar-refractivity contribution in [2.24, 2.45) is 5.92 Å². The standard InChI is InChI=1S/C19H22BrN3O/c1-13-5-6-17(16(20)10-13)22-19(24)15-7-8-21-18(11-15)23-9-3-4-14(2)12-23/h5-8,10-11,14H,3-4,9,12H2,1-2H3,(H,22,24). The smallest absolute Gasteiger partial charge is 0.255 e. The van der Waals surface area contributed by atoms with Gasteiger partial charge in [0.1, 0.15) is 5.82 Å². The molecule has 1 aliphatic rings. The second-order valence-electron chi connectivity index (χ2n) is 6.53. The van der Waals surface area contributed by atoms with E-state index in [0.29, 0.717) is 11.5 Å². The van der Waals surface area contributed by atoms with Crippen LogP contribution in [0.15, 0.2) is 41.0 Å². The summed E-state index contributed by atoms with van der Waals surface area (Å²) in [6.45, 7) is 6.29. The summed E-state index contributed by atoms with van der Waals surface area (Å²) in [6.07, 6.45) is 4.15. The van der Waals surface area contributed by atoms with Crippen molar-refractivity contribution in [1.29, 1.82) is 0 Å². The second kappa shape index (κ2) is 7.34. The third-order valence-corrected chi connectivity index (χ3v) is 5.02. The van der Waals surface area contributed by atoms with Crippen molar-refractivity contribution in [3.63, 3.8) is 0 Å². The molecule has 1 unspecified atom stereocenters. The molecule has 1 amide bonds. The fourth-order valence-corrected chi connectivity index (χ4v) is 3.64. The fourth-order valence-electron chi connectivity index (χ4n) is 3.05. The largest absolute Gasteiger partial charge is 0.356 e. The number of rotatable bonds is 3. The first-order chi connectivity index (χ1) is 11.5. The van der Waals surface area contributed by atoms with Crippen molar-refractivity contribution < 1.29 is 4.79 Å². The average Bonchev–Trinajstić information content (AvgIpc) is 2.57. The van der Waals surface area contributed by atoms with E-state index in [0.717, 1.165) is 34.6 Å². The highest BCUT2D eigenvalue weighted by Gasteiger charge is 2.18.